The number of hydrogen-bond acceptors (Lipinski definition) is 6. The Morgan fingerprint density at radius 2 is 2.35 bits per heavy atom. The zero-order chi connectivity index (χ0) is 12.5. The number of aromatic nitrogens is 4. The molecule has 2 rings (SSSR count). The molecule has 1 aromatic rings. The van der Waals surface area contributed by atoms with E-state index in [0.29, 0.717) is 24.4 Å². The molecular weight excluding hydrogens is 242 g/mol. The molecule has 8 heteroatoms. The summed E-state index contributed by atoms with van der Waals surface area (Å²) in [7, 11) is 0.713. The van der Waals surface area contributed by atoms with Gasteiger partial charge in [-0.25, -0.2) is 8.42 Å². The molecule has 1 aliphatic rings. The van der Waals surface area contributed by atoms with E-state index < -0.39 is 9.84 Å². The van der Waals surface area contributed by atoms with Crippen molar-refractivity contribution in [2.24, 2.45) is 13.0 Å². The molecule has 1 N–H and O–H groups in total. The van der Waals surface area contributed by atoms with Gasteiger partial charge in [-0.2, -0.15) is 4.80 Å². The summed E-state index contributed by atoms with van der Waals surface area (Å²) in [5.74, 6) is 1.35. The number of nitrogens with zero attached hydrogens (tertiary/aromatic N) is 4. The third-order valence-electron chi connectivity index (χ3n) is 3.16. The highest BCUT2D eigenvalue weighted by molar-refractivity contribution is 7.91. The first-order valence-corrected chi connectivity index (χ1v) is 7.43. The number of tetrazole rings is 1. The topological polar surface area (TPSA) is 89.8 Å². The van der Waals surface area contributed by atoms with Gasteiger partial charge in [-0.05, 0) is 24.6 Å². The standard InChI is InChI=1S/C9H17N5O2S/c1-10-8(5-9-11-13-14(2)12-9)7-3-4-17(15,16)6-7/h7-8,10H,3-6H2,1-2H3. The van der Waals surface area contributed by atoms with Crippen LogP contribution in [0.15, 0.2) is 0 Å². The molecule has 0 amide bonds. The van der Waals surface area contributed by atoms with Gasteiger partial charge in [0.05, 0.1) is 18.6 Å². The Hall–Kier alpha value is -1.02. The van der Waals surface area contributed by atoms with Crippen molar-refractivity contribution in [1.82, 2.24) is 25.5 Å². The van der Waals surface area contributed by atoms with Crippen LogP contribution in [0.1, 0.15) is 12.2 Å². The maximum Gasteiger partial charge on any atom is 0.176 e. The van der Waals surface area contributed by atoms with E-state index in [1.54, 1.807) is 7.05 Å². The predicted molar refractivity (Wildman–Crippen MR) is 62.1 cm³/mol. The first-order valence-electron chi connectivity index (χ1n) is 5.61. The van der Waals surface area contributed by atoms with E-state index in [4.69, 9.17) is 0 Å². The second kappa shape index (κ2) is 4.69. The van der Waals surface area contributed by atoms with Crippen LogP contribution in [0.25, 0.3) is 0 Å². The summed E-state index contributed by atoms with van der Waals surface area (Å²) in [6, 6.07) is 0.0940. The zero-order valence-corrected chi connectivity index (χ0v) is 10.8. The molecule has 0 aromatic carbocycles. The summed E-state index contributed by atoms with van der Waals surface area (Å²) in [5.41, 5.74) is 0. The van der Waals surface area contributed by atoms with Gasteiger partial charge in [0.1, 0.15) is 0 Å². The predicted octanol–water partition coefficient (Wildman–Crippen LogP) is -1.22. The molecule has 1 saturated heterocycles. The maximum atomic E-state index is 11.4. The fourth-order valence-electron chi connectivity index (χ4n) is 2.25. The Kier molecular flexibility index (Phi) is 3.43. The molecule has 0 radical (unpaired) electrons. The molecule has 1 fully saturated rings. The molecule has 2 heterocycles. The van der Waals surface area contributed by atoms with Gasteiger partial charge in [0.25, 0.3) is 0 Å². The van der Waals surface area contributed by atoms with Crippen LogP contribution >= 0.6 is 0 Å². The summed E-state index contributed by atoms with van der Waals surface area (Å²) in [6.45, 7) is 0. The van der Waals surface area contributed by atoms with Crippen LogP contribution in [-0.4, -0.2) is 53.2 Å². The van der Waals surface area contributed by atoms with Crippen molar-refractivity contribution >= 4 is 9.84 Å². The average Bonchev–Trinajstić information content (AvgIpc) is 2.81. The normalized spacial score (nSPS) is 24.9. The van der Waals surface area contributed by atoms with Gasteiger partial charge in [-0.15, -0.1) is 10.2 Å². The fourth-order valence-corrected chi connectivity index (χ4v) is 4.13. The molecule has 0 aliphatic carbocycles. The molecule has 96 valence electrons. The van der Waals surface area contributed by atoms with Gasteiger partial charge in [-0.1, -0.05) is 0 Å². The highest BCUT2D eigenvalue weighted by Gasteiger charge is 2.33. The highest BCUT2D eigenvalue weighted by atomic mass is 32.2. The lowest BCUT2D eigenvalue weighted by Crippen LogP contribution is -2.36. The van der Waals surface area contributed by atoms with Crippen molar-refractivity contribution in [2.45, 2.75) is 18.9 Å². The Morgan fingerprint density at radius 1 is 1.59 bits per heavy atom. The van der Waals surface area contributed by atoms with Crippen LogP contribution in [0.4, 0.5) is 0 Å². The average molecular weight is 259 g/mol. The van der Waals surface area contributed by atoms with Crippen molar-refractivity contribution in [3.8, 4) is 0 Å². The largest absolute Gasteiger partial charge is 0.316 e. The quantitative estimate of drug-likeness (QED) is 0.728. The minimum Gasteiger partial charge on any atom is -0.316 e. The van der Waals surface area contributed by atoms with Gasteiger partial charge >= 0.3 is 0 Å². The van der Waals surface area contributed by atoms with Crippen LogP contribution in [0.2, 0.25) is 0 Å². The second-order valence-corrected chi connectivity index (χ2v) is 6.69. The smallest absolute Gasteiger partial charge is 0.176 e. The Labute approximate surface area is 101 Å². The Morgan fingerprint density at radius 3 is 2.82 bits per heavy atom. The van der Waals surface area contributed by atoms with E-state index >= 15 is 0 Å². The Bertz CT molecular complexity index is 483. The van der Waals surface area contributed by atoms with Gasteiger partial charge in [-0.3, -0.25) is 0 Å². The number of nitrogens with one attached hydrogen (secondary N) is 1. The molecule has 0 bridgehead atoms. The number of rotatable bonds is 4. The van der Waals surface area contributed by atoms with Gasteiger partial charge in [0.15, 0.2) is 15.7 Å². The molecule has 0 saturated carbocycles. The minimum atomic E-state index is -2.84. The van der Waals surface area contributed by atoms with Crippen LogP contribution in [0.3, 0.4) is 0 Å². The Balaban J connectivity index is 2.02. The lowest BCUT2D eigenvalue weighted by Gasteiger charge is -2.20. The molecule has 7 nitrogen and oxygen atoms in total. The highest BCUT2D eigenvalue weighted by Crippen LogP contribution is 2.23. The van der Waals surface area contributed by atoms with E-state index in [2.05, 4.69) is 20.7 Å². The monoisotopic (exact) mass is 259 g/mol. The summed E-state index contributed by atoms with van der Waals surface area (Å²) < 4.78 is 22.9. The third kappa shape index (κ3) is 3.01. The van der Waals surface area contributed by atoms with Crippen LogP contribution in [-0.2, 0) is 23.3 Å². The fraction of sp³-hybridized carbons (Fsp3) is 0.889. The molecule has 2 atom stereocenters. The van der Waals surface area contributed by atoms with E-state index in [1.807, 2.05) is 7.05 Å². The maximum absolute atomic E-state index is 11.4. The lowest BCUT2D eigenvalue weighted by molar-refractivity contribution is 0.396. The lowest BCUT2D eigenvalue weighted by atomic mass is 9.96. The number of aryl methyl sites for hydroxylation is 1. The van der Waals surface area contributed by atoms with Crippen molar-refractivity contribution in [2.75, 3.05) is 18.6 Å². The third-order valence-corrected chi connectivity index (χ3v) is 4.95. The summed E-state index contributed by atoms with van der Waals surface area (Å²) >= 11 is 0. The first kappa shape index (κ1) is 12.4. The number of sulfone groups is 1. The van der Waals surface area contributed by atoms with Crippen molar-refractivity contribution in [3.05, 3.63) is 5.82 Å². The van der Waals surface area contributed by atoms with Crippen LogP contribution in [0.5, 0.6) is 0 Å². The number of hydrogen-bond donors (Lipinski definition) is 1. The molecule has 17 heavy (non-hydrogen) atoms. The molecular formula is C9H17N5O2S. The van der Waals surface area contributed by atoms with Gasteiger partial charge in [0.2, 0.25) is 0 Å². The van der Waals surface area contributed by atoms with E-state index in [0.717, 1.165) is 0 Å². The zero-order valence-electron chi connectivity index (χ0n) is 10.00. The molecule has 1 aliphatic heterocycles. The molecule has 2 unspecified atom stereocenters. The summed E-state index contributed by atoms with van der Waals surface area (Å²) in [4.78, 5) is 1.41. The van der Waals surface area contributed by atoms with Crippen LogP contribution in [0, 0.1) is 5.92 Å². The summed E-state index contributed by atoms with van der Waals surface area (Å²) in [6.07, 6.45) is 1.33. The van der Waals surface area contributed by atoms with Crippen molar-refractivity contribution in [1.29, 1.82) is 0 Å². The molecule has 0 spiro atoms. The first-order chi connectivity index (χ1) is 8.00. The van der Waals surface area contributed by atoms with Gasteiger partial charge < -0.3 is 5.32 Å². The second-order valence-electron chi connectivity index (χ2n) is 4.46. The summed E-state index contributed by atoms with van der Waals surface area (Å²) in [5, 5.41) is 15.0. The van der Waals surface area contributed by atoms with Crippen molar-refractivity contribution in [3.63, 3.8) is 0 Å². The van der Waals surface area contributed by atoms with Crippen LogP contribution < -0.4 is 5.32 Å². The number of likely N-dealkylation sites (N-methyl/N-ethyl adjacent to an activating group) is 1. The molecule has 1 aromatic heterocycles. The van der Waals surface area contributed by atoms with E-state index in [1.165, 1.54) is 4.80 Å². The SMILES string of the molecule is CNC(Cc1nnn(C)n1)C1CCS(=O)(=O)C1. The van der Waals surface area contributed by atoms with E-state index in [-0.39, 0.29) is 17.7 Å². The minimum absolute atomic E-state index is 0.0940. The van der Waals surface area contributed by atoms with Crippen molar-refractivity contribution < 1.29 is 8.42 Å². The van der Waals surface area contributed by atoms with E-state index in [9.17, 15) is 8.42 Å². The van der Waals surface area contributed by atoms with Gasteiger partial charge in [0, 0.05) is 12.5 Å².